The van der Waals surface area contributed by atoms with Gasteiger partial charge < -0.3 is 10.2 Å². The van der Waals surface area contributed by atoms with Crippen LogP contribution in [0, 0.1) is 0 Å². The van der Waals surface area contributed by atoms with Crippen molar-refractivity contribution < 1.29 is 0 Å². The third-order valence-corrected chi connectivity index (χ3v) is 3.44. The molecule has 0 saturated heterocycles. The lowest BCUT2D eigenvalue weighted by Crippen LogP contribution is -2.15. The molecule has 2 rings (SSSR count). The highest BCUT2D eigenvalue weighted by atomic mass is 32.2. The van der Waals surface area contributed by atoms with Gasteiger partial charge in [-0.15, -0.1) is 0 Å². The fourth-order valence-electron chi connectivity index (χ4n) is 1.11. The third-order valence-electron chi connectivity index (χ3n) is 1.86. The molecule has 2 heterocycles. The van der Waals surface area contributed by atoms with E-state index in [0.717, 1.165) is 10.9 Å². The van der Waals surface area contributed by atoms with Gasteiger partial charge in [-0.1, -0.05) is 0 Å². The van der Waals surface area contributed by atoms with Crippen molar-refractivity contribution in [3.63, 3.8) is 0 Å². The average Bonchev–Trinajstić information content (AvgIpc) is 2.82. The zero-order valence-corrected chi connectivity index (χ0v) is 11.9. The number of rotatable bonds is 5. The SMILES string of the molecule is CCNc1nc(Sc2ncns2)nc(N(C)C)n1. The van der Waals surface area contributed by atoms with Gasteiger partial charge in [0, 0.05) is 20.6 Å². The van der Waals surface area contributed by atoms with Gasteiger partial charge >= 0.3 is 0 Å². The summed E-state index contributed by atoms with van der Waals surface area (Å²) in [5.74, 6) is 1.19. The Bertz CT molecular complexity index is 500. The van der Waals surface area contributed by atoms with Crippen molar-refractivity contribution >= 4 is 35.2 Å². The van der Waals surface area contributed by atoms with Crippen molar-refractivity contribution in [2.45, 2.75) is 16.4 Å². The van der Waals surface area contributed by atoms with E-state index in [0.29, 0.717) is 17.1 Å². The van der Waals surface area contributed by atoms with Gasteiger partial charge in [0.2, 0.25) is 17.1 Å². The van der Waals surface area contributed by atoms with Crippen molar-refractivity contribution in [2.75, 3.05) is 30.9 Å². The number of anilines is 2. The van der Waals surface area contributed by atoms with E-state index in [1.807, 2.05) is 25.9 Å². The predicted molar refractivity (Wildman–Crippen MR) is 72.3 cm³/mol. The molecule has 0 aromatic carbocycles. The van der Waals surface area contributed by atoms with E-state index in [1.54, 1.807) is 0 Å². The first-order valence-electron chi connectivity index (χ1n) is 5.31. The summed E-state index contributed by atoms with van der Waals surface area (Å²) in [4.78, 5) is 18.9. The van der Waals surface area contributed by atoms with E-state index in [4.69, 9.17) is 0 Å². The Hall–Kier alpha value is -1.48. The van der Waals surface area contributed by atoms with Crippen LogP contribution in [0.15, 0.2) is 15.8 Å². The lowest BCUT2D eigenvalue weighted by atomic mass is 10.7. The van der Waals surface area contributed by atoms with E-state index < -0.39 is 0 Å². The standard InChI is InChI=1S/C9H13N7S2/c1-4-10-6-13-7(16(2)3)15-8(14-6)17-9-11-5-12-18-9/h5H,4H2,1-3H3,(H,10,13,14,15). The summed E-state index contributed by atoms with van der Waals surface area (Å²) < 4.78 is 4.76. The Kier molecular flexibility index (Phi) is 4.26. The lowest BCUT2D eigenvalue weighted by Gasteiger charge is -2.12. The van der Waals surface area contributed by atoms with Crippen molar-refractivity contribution in [3.8, 4) is 0 Å². The summed E-state index contributed by atoms with van der Waals surface area (Å²) in [7, 11) is 3.79. The van der Waals surface area contributed by atoms with E-state index in [-0.39, 0.29) is 0 Å². The molecule has 0 aliphatic rings. The molecule has 0 unspecified atom stereocenters. The van der Waals surface area contributed by atoms with Crippen LogP contribution in [-0.4, -0.2) is 44.9 Å². The quantitative estimate of drug-likeness (QED) is 0.881. The Balaban J connectivity index is 2.27. The smallest absolute Gasteiger partial charge is 0.230 e. The summed E-state index contributed by atoms with van der Waals surface area (Å²) >= 11 is 2.70. The number of hydrogen-bond donors (Lipinski definition) is 1. The molecule has 0 amide bonds. The maximum absolute atomic E-state index is 4.36. The summed E-state index contributed by atoms with van der Waals surface area (Å²) in [6.07, 6.45) is 1.52. The minimum Gasteiger partial charge on any atom is -0.354 e. The third kappa shape index (κ3) is 3.26. The summed E-state index contributed by atoms with van der Waals surface area (Å²) in [5, 5.41) is 3.70. The first-order valence-corrected chi connectivity index (χ1v) is 6.90. The van der Waals surface area contributed by atoms with Gasteiger partial charge in [0.15, 0.2) is 4.34 Å². The van der Waals surface area contributed by atoms with E-state index in [2.05, 4.69) is 29.6 Å². The van der Waals surface area contributed by atoms with Crippen LogP contribution in [0.2, 0.25) is 0 Å². The second-order valence-electron chi connectivity index (χ2n) is 3.48. The monoisotopic (exact) mass is 283 g/mol. The van der Waals surface area contributed by atoms with Crippen LogP contribution >= 0.6 is 23.3 Å². The van der Waals surface area contributed by atoms with Crippen LogP contribution < -0.4 is 10.2 Å². The molecule has 0 atom stereocenters. The Morgan fingerprint density at radius 2 is 2.17 bits per heavy atom. The first-order chi connectivity index (χ1) is 8.69. The van der Waals surface area contributed by atoms with Crippen molar-refractivity contribution in [1.82, 2.24) is 24.3 Å². The molecule has 2 aromatic heterocycles. The van der Waals surface area contributed by atoms with Crippen LogP contribution in [0.3, 0.4) is 0 Å². The van der Waals surface area contributed by atoms with Gasteiger partial charge in [0.25, 0.3) is 0 Å². The molecular weight excluding hydrogens is 270 g/mol. The molecule has 0 aliphatic carbocycles. The number of nitrogens with one attached hydrogen (secondary N) is 1. The minimum atomic E-state index is 0.572. The normalized spacial score (nSPS) is 10.4. The van der Waals surface area contributed by atoms with Gasteiger partial charge in [-0.3, -0.25) is 0 Å². The molecule has 1 N–H and O–H groups in total. The van der Waals surface area contributed by atoms with Crippen LogP contribution in [0.1, 0.15) is 6.92 Å². The van der Waals surface area contributed by atoms with Gasteiger partial charge in [-0.2, -0.15) is 19.3 Å². The van der Waals surface area contributed by atoms with Crippen molar-refractivity contribution in [2.24, 2.45) is 0 Å². The van der Waals surface area contributed by atoms with Gasteiger partial charge in [-0.05, 0) is 30.2 Å². The van der Waals surface area contributed by atoms with Crippen LogP contribution in [0.5, 0.6) is 0 Å². The fourth-order valence-corrected chi connectivity index (χ4v) is 2.41. The Morgan fingerprint density at radius 3 is 2.78 bits per heavy atom. The molecular formula is C9H13N7S2. The van der Waals surface area contributed by atoms with Crippen LogP contribution in [-0.2, 0) is 0 Å². The molecule has 96 valence electrons. The maximum atomic E-state index is 4.36. The molecule has 9 heteroatoms. The molecule has 0 saturated carbocycles. The number of hydrogen-bond acceptors (Lipinski definition) is 9. The molecule has 2 aromatic rings. The van der Waals surface area contributed by atoms with Crippen LogP contribution in [0.4, 0.5) is 11.9 Å². The second-order valence-corrected chi connectivity index (χ2v) is 5.47. The van der Waals surface area contributed by atoms with Crippen molar-refractivity contribution in [1.29, 1.82) is 0 Å². The molecule has 7 nitrogen and oxygen atoms in total. The molecule has 0 radical (unpaired) electrons. The van der Waals surface area contributed by atoms with Crippen molar-refractivity contribution in [3.05, 3.63) is 6.33 Å². The zero-order chi connectivity index (χ0) is 13.0. The molecule has 0 spiro atoms. The number of aromatic nitrogens is 5. The van der Waals surface area contributed by atoms with Gasteiger partial charge in [0.05, 0.1) is 0 Å². The van der Waals surface area contributed by atoms with Gasteiger partial charge in [0.1, 0.15) is 6.33 Å². The highest BCUT2D eigenvalue weighted by Crippen LogP contribution is 2.26. The zero-order valence-electron chi connectivity index (χ0n) is 10.3. The van der Waals surface area contributed by atoms with Crippen LogP contribution in [0.25, 0.3) is 0 Å². The lowest BCUT2D eigenvalue weighted by molar-refractivity contribution is 0.863. The maximum Gasteiger partial charge on any atom is 0.230 e. The minimum absolute atomic E-state index is 0.572. The van der Waals surface area contributed by atoms with E-state index in [9.17, 15) is 0 Å². The average molecular weight is 283 g/mol. The Labute approximate surface area is 113 Å². The summed E-state index contributed by atoms with van der Waals surface area (Å²) in [5.41, 5.74) is 0. The largest absolute Gasteiger partial charge is 0.354 e. The number of nitrogens with zero attached hydrogens (tertiary/aromatic N) is 6. The predicted octanol–water partition coefficient (Wildman–Crippen LogP) is 1.37. The van der Waals surface area contributed by atoms with Gasteiger partial charge in [-0.25, -0.2) is 4.98 Å². The fraction of sp³-hybridized carbons (Fsp3) is 0.444. The van der Waals surface area contributed by atoms with E-state index >= 15 is 0 Å². The summed E-state index contributed by atoms with van der Waals surface area (Å²) in [6.45, 7) is 2.76. The highest BCUT2D eigenvalue weighted by molar-refractivity contribution is 8.00. The molecule has 18 heavy (non-hydrogen) atoms. The summed E-state index contributed by atoms with van der Waals surface area (Å²) in [6, 6.07) is 0. The highest BCUT2D eigenvalue weighted by Gasteiger charge is 2.10. The molecule has 0 aliphatic heterocycles. The second kappa shape index (κ2) is 5.91. The topological polar surface area (TPSA) is 79.7 Å². The first kappa shape index (κ1) is 13.0. The Morgan fingerprint density at radius 1 is 1.33 bits per heavy atom. The molecule has 0 bridgehead atoms. The molecule has 0 fully saturated rings. The van der Waals surface area contributed by atoms with E-state index in [1.165, 1.54) is 29.6 Å².